The molecular weight excluding hydrogens is 324 g/mol. The van der Waals surface area contributed by atoms with Gasteiger partial charge in [0.15, 0.2) is 0 Å². The van der Waals surface area contributed by atoms with Crippen molar-refractivity contribution in [2.75, 3.05) is 12.4 Å². The number of ether oxygens (including phenoxy) is 1. The number of nitrogens with zero attached hydrogens (tertiary/aromatic N) is 1. The molecule has 124 valence electrons. The first kappa shape index (κ1) is 17.7. The fraction of sp³-hybridized carbons (Fsp3) is 0.714. The lowest BCUT2D eigenvalue weighted by molar-refractivity contribution is -0.0238. The lowest BCUT2D eigenvalue weighted by Gasteiger charge is -2.15. The van der Waals surface area contributed by atoms with Crippen LogP contribution in [0.4, 0.5) is 0 Å². The third-order valence-electron chi connectivity index (χ3n) is 3.59. The molecule has 0 radical (unpaired) electrons. The van der Waals surface area contributed by atoms with E-state index in [4.69, 9.17) is 4.74 Å². The highest BCUT2D eigenvalue weighted by Crippen LogP contribution is 2.41. The molecule has 6 nitrogen and oxygen atoms in total. The van der Waals surface area contributed by atoms with Crippen LogP contribution < -0.4 is 11.2 Å². The molecule has 1 saturated heterocycles. The molecule has 1 aliphatic heterocycles. The third kappa shape index (κ3) is 4.18. The molecule has 1 aromatic rings. The Labute approximate surface area is 137 Å². The fourth-order valence-corrected chi connectivity index (χ4v) is 5.24. The van der Waals surface area contributed by atoms with Gasteiger partial charge in [-0.2, -0.15) is 0 Å². The molecule has 8 heteroatoms. The minimum absolute atomic E-state index is 0.0699. The van der Waals surface area contributed by atoms with Gasteiger partial charge in [0, 0.05) is 29.2 Å². The number of aliphatic hydroxyl groups is 1. The summed E-state index contributed by atoms with van der Waals surface area (Å²) >= 11 is 0. The molecule has 0 saturated carbocycles. The smallest absolute Gasteiger partial charge is 0.330 e. The number of rotatable bonds is 7. The number of hydrogen-bond acceptors (Lipinski definition) is 6. The van der Waals surface area contributed by atoms with Crippen LogP contribution in [-0.4, -0.2) is 38.4 Å². The van der Waals surface area contributed by atoms with Gasteiger partial charge in [-0.15, -0.1) is 0 Å². The van der Waals surface area contributed by atoms with Gasteiger partial charge in [-0.05, 0) is 13.3 Å². The van der Waals surface area contributed by atoms with Crippen molar-refractivity contribution in [3.8, 4) is 0 Å². The molecule has 0 bridgehead atoms. The van der Waals surface area contributed by atoms with Crippen molar-refractivity contribution in [3.63, 3.8) is 0 Å². The number of H-pyrrole nitrogens is 1. The first-order valence-electron chi connectivity index (χ1n) is 7.43. The summed E-state index contributed by atoms with van der Waals surface area (Å²) in [6.07, 6.45) is 3.76. The minimum atomic E-state index is -0.471. The van der Waals surface area contributed by atoms with Gasteiger partial charge >= 0.3 is 5.69 Å². The first-order chi connectivity index (χ1) is 10.6. The topological polar surface area (TPSA) is 84.3 Å². The van der Waals surface area contributed by atoms with Crippen molar-refractivity contribution in [3.05, 3.63) is 32.6 Å². The molecule has 2 rings (SSSR count). The molecule has 0 aliphatic carbocycles. The normalized spacial score (nSPS) is 24.8. The Balaban J connectivity index is 2.06. The number of aromatic amines is 1. The van der Waals surface area contributed by atoms with Crippen molar-refractivity contribution in [1.82, 2.24) is 9.55 Å². The predicted octanol–water partition coefficient (Wildman–Crippen LogP) is 1.67. The van der Waals surface area contributed by atoms with Gasteiger partial charge in [0.2, 0.25) is 0 Å². The third-order valence-corrected chi connectivity index (χ3v) is 6.57. The van der Waals surface area contributed by atoms with E-state index in [-0.39, 0.29) is 23.5 Å². The number of unbranched alkanes of at least 4 members (excludes halogenated alkanes) is 1. The number of nitrogens with one attached hydrogen (secondary N) is 1. The maximum atomic E-state index is 11.9. The van der Waals surface area contributed by atoms with Gasteiger partial charge in [-0.3, -0.25) is 14.3 Å². The van der Waals surface area contributed by atoms with Crippen molar-refractivity contribution in [2.45, 2.75) is 50.7 Å². The molecule has 1 aliphatic rings. The predicted molar refractivity (Wildman–Crippen MR) is 90.4 cm³/mol. The Morgan fingerprint density at radius 1 is 1.50 bits per heavy atom. The van der Waals surface area contributed by atoms with E-state index in [1.54, 1.807) is 28.5 Å². The molecule has 1 fully saturated rings. The van der Waals surface area contributed by atoms with Crippen LogP contribution in [0.15, 0.2) is 15.8 Å². The van der Waals surface area contributed by atoms with Gasteiger partial charge in [0.1, 0.15) is 6.23 Å². The van der Waals surface area contributed by atoms with Crippen LogP contribution in [0.2, 0.25) is 0 Å². The maximum Gasteiger partial charge on any atom is 0.330 e. The average molecular weight is 346 g/mol. The van der Waals surface area contributed by atoms with Crippen molar-refractivity contribution < 1.29 is 9.84 Å². The van der Waals surface area contributed by atoms with Crippen LogP contribution >= 0.6 is 21.6 Å². The molecule has 0 aromatic carbocycles. The summed E-state index contributed by atoms with van der Waals surface area (Å²) in [6.45, 7) is 3.74. The maximum absolute atomic E-state index is 11.9. The molecule has 1 aromatic heterocycles. The number of hydrogen-bond donors (Lipinski definition) is 2. The van der Waals surface area contributed by atoms with E-state index in [1.165, 1.54) is 10.8 Å². The van der Waals surface area contributed by atoms with Crippen LogP contribution in [-0.2, 0) is 4.74 Å². The van der Waals surface area contributed by atoms with Crippen LogP contribution in [0.25, 0.3) is 0 Å². The highest BCUT2D eigenvalue weighted by Gasteiger charge is 2.36. The average Bonchev–Trinajstić information content (AvgIpc) is 2.90. The Hall–Kier alpha value is -0.700. The largest absolute Gasteiger partial charge is 0.394 e. The zero-order valence-electron chi connectivity index (χ0n) is 12.8. The van der Waals surface area contributed by atoms with Gasteiger partial charge in [0.25, 0.3) is 5.56 Å². The molecule has 2 N–H and O–H groups in total. The summed E-state index contributed by atoms with van der Waals surface area (Å²) in [5.74, 6) is 1.07. The van der Waals surface area contributed by atoms with E-state index >= 15 is 0 Å². The van der Waals surface area contributed by atoms with Gasteiger partial charge in [-0.25, -0.2) is 4.79 Å². The van der Waals surface area contributed by atoms with Crippen molar-refractivity contribution in [2.24, 2.45) is 0 Å². The van der Waals surface area contributed by atoms with Gasteiger partial charge < -0.3 is 9.84 Å². The number of aromatic nitrogens is 2. The second-order valence-electron chi connectivity index (χ2n) is 5.34. The van der Waals surface area contributed by atoms with Gasteiger partial charge in [-0.1, -0.05) is 34.9 Å². The highest BCUT2D eigenvalue weighted by molar-refractivity contribution is 8.76. The van der Waals surface area contributed by atoms with Crippen molar-refractivity contribution in [1.29, 1.82) is 0 Å². The van der Waals surface area contributed by atoms with Crippen LogP contribution in [0.5, 0.6) is 0 Å². The van der Waals surface area contributed by atoms with E-state index in [0.717, 1.165) is 18.6 Å². The van der Waals surface area contributed by atoms with Crippen LogP contribution in [0.3, 0.4) is 0 Å². The molecule has 0 spiro atoms. The first-order valence-corrected chi connectivity index (χ1v) is 9.81. The summed E-state index contributed by atoms with van der Waals surface area (Å²) in [4.78, 5) is 25.7. The van der Waals surface area contributed by atoms with E-state index < -0.39 is 11.9 Å². The standard InChI is InChI=1S/C14H22N2O4S2/c1-3-4-5-21-22-11-6-12(20-10(11)8-17)16-7-9(2)13(18)15-14(16)19/h7,10-12,17H,3-6,8H2,1-2H3,(H,15,18,19)/t10-,11?,12-/m1/s1. The lowest BCUT2D eigenvalue weighted by Crippen LogP contribution is -2.33. The summed E-state index contributed by atoms with van der Waals surface area (Å²) in [6, 6.07) is 0. The fourth-order valence-electron chi connectivity index (χ4n) is 2.28. The number of aryl methyl sites for hydroxylation is 1. The Morgan fingerprint density at radius 2 is 2.27 bits per heavy atom. The number of aliphatic hydroxyl groups excluding tert-OH is 1. The van der Waals surface area contributed by atoms with Crippen LogP contribution in [0.1, 0.15) is 38.0 Å². The SMILES string of the molecule is CCCCSSC1C[C@H](n2cc(C)c(=O)[nH]c2=O)O[C@@H]1CO. The monoisotopic (exact) mass is 346 g/mol. The Bertz CT molecular complexity index is 601. The Morgan fingerprint density at radius 3 is 2.95 bits per heavy atom. The quantitative estimate of drug-likeness (QED) is 0.577. The summed E-state index contributed by atoms with van der Waals surface area (Å²) in [7, 11) is 3.49. The van der Waals surface area contributed by atoms with E-state index in [9.17, 15) is 14.7 Å². The Kier molecular flexibility index (Phi) is 6.61. The molecule has 22 heavy (non-hydrogen) atoms. The molecule has 0 amide bonds. The molecular formula is C14H22N2O4S2. The molecule has 2 heterocycles. The summed E-state index contributed by atoms with van der Waals surface area (Å²) in [5.41, 5.74) is -0.377. The van der Waals surface area contributed by atoms with E-state index in [0.29, 0.717) is 12.0 Å². The zero-order chi connectivity index (χ0) is 16.1. The van der Waals surface area contributed by atoms with Crippen molar-refractivity contribution >= 4 is 21.6 Å². The minimum Gasteiger partial charge on any atom is -0.394 e. The summed E-state index contributed by atoms with van der Waals surface area (Å²) < 4.78 is 7.21. The highest BCUT2D eigenvalue weighted by atomic mass is 33.1. The molecule has 3 atom stereocenters. The lowest BCUT2D eigenvalue weighted by atomic mass is 10.2. The van der Waals surface area contributed by atoms with Gasteiger partial charge in [0.05, 0.1) is 12.7 Å². The zero-order valence-corrected chi connectivity index (χ0v) is 14.4. The second-order valence-corrected chi connectivity index (χ2v) is 8.06. The second kappa shape index (κ2) is 8.24. The summed E-state index contributed by atoms with van der Waals surface area (Å²) in [5, 5.41) is 9.61. The molecule has 1 unspecified atom stereocenters. The van der Waals surface area contributed by atoms with E-state index in [1.807, 2.05) is 0 Å². The van der Waals surface area contributed by atoms with E-state index in [2.05, 4.69) is 11.9 Å². The van der Waals surface area contributed by atoms with Crippen LogP contribution in [0, 0.1) is 6.92 Å².